The summed E-state index contributed by atoms with van der Waals surface area (Å²) in [6.45, 7) is 4.26. The van der Waals surface area contributed by atoms with Crippen LogP contribution in [-0.2, 0) is 6.42 Å². The number of hydrogen-bond donors (Lipinski definition) is 2. The van der Waals surface area contributed by atoms with Crippen LogP contribution in [0.15, 0.2) is 12.1 Å². The van der Waals surface area contributed by atoms with Crippen molar-refractivity contribution in [2.45, 2.75) is 39.2 Å². The Bertz CT molecular complexity index is 553. The van der Waals surface area contributed by atoms with E-state index in [4.69, 9.17) is 0 Å². The maximum atomic E-state index is 9.99. The number of H-pyrrole nitrogens is 1. The van der Waals surface area contributed by atoms with Crippen LogP contribution in [0, 0.1) is 13.8 Å². The molecule has 1 aliphatic carbocycles. The topological polar surface area (TPSA) is 36.0 Å². The Morgan fingerprint density at radius 2 is 2.12 bits per heavy atom. The predicted octanol–water partition coefficient (Wildman–Crippen LogP) is 3.15. The molecule has 16 heavy (non-hydrogen) atoms. The molecule has 2 N–H and O–H groups in total. The number of rotatable bonds is 0. The maximum Gasteiger partial charge on any atom is 0.0941 e. The van der Waals surface area contributed by atoms with Gasteiger partial charge in [0.2, 0.25) is 0 Å². The highest BCUT2D eigenvalue weighted by Crippen LogP contribution is 2.35. The molecule has 1 aromatic heterocycles. The molecule has 1 heterocycles. The first-order valence-corrected chi connectivity index (χ1v) is 5.96. The molecule has 0 bridgehead atoms. The normalized spacial score (nSPS) is 20.1. The van der Waals surface area contributed by atoms with Crippen molar-refractivity contribution in [1.29, 1.82) is 0 Å². The molecule has 0 fully saturated rings. The van der Waals surface area contributed by atoms with Crippen LogP contribution >= 0.6 is 0 Å². The van der Waals surface area contributed by atoms with Crippen molar-refractivity contribution in [3.63, 3.8) is 0 Å². The van der Waals surface area contributed by atoms with Crippen LogP contribution in [-0.4, -0.2) is 10.1 Å². The van der Waals surface area contributed by atoms with Crippen molar-refractivity contribution in [2.75, 3.05) is 0 Å². The molecular formula is C14H17NO. The number of aryl methyl sites for hydroxylation is 3. The second kappa shape index (κ2) is 3.36. The van der Waals surface area contributed by atoms with Gasteiger partial charge in [0, 0.05) is 16.6 Å². The zero-order valence-corrected chi connectivity index (χ0v) is 9.80. The molecule has 1 aliphatic rings. The van der Waals surface area contributed by atoms with E-state index in [1.807, 2.05) is 0 Å². The monoisotopic (exact) mass is 215 g/mol. The lowest BCUT2D eigenvalue weighted by molar-refractivity contribution is 0.153. The lowest BCUT2D eigenvalue weighted by Crippen LogP contribution is -2.07. The van der Waals surface area contributed by atoms with E-state index in [0.29, 0.717) is 0 Å². The fourth-order valence-electron chi connectivity index (χ4n) is 2.90. The Morgan fingerprint density at radius 1 is 1.31 bits per heavy atom. The first kappa shape index (κ1) is 9.91. The third-order valence-corrected chi connectivity index (χ3v) is 3.63. The number of hydrogen-bond acceptors (Lipinski definition) is 1. The van der Waals surface area contributed by atoms with Crippen LogP contribution in [0.5, 0.6) is 0 Å². The van der Waals surface area contributed by atoms with E-state index < -0.39 is 0 Å². The molecule has 1 aromatic carbocycles. The van der Waals surface area contributed by atoms with Crippen molar-refractivity contribution in [1.82, 2.24) is 4.98 Å². The van der Waals surface area contributed by atoms with Crippen molar-refractivity contribution < 1.29 is 5.11 Å². The minimum Gasteiger partial charge on any atom is -0.387 e. The standard InChI is InChI=1S/C14H17NO/c1-8-6-9(2)13-11(7-8)10-4-3-5-12(16)14(10)15-13/h6-7,12,15-16H,3-5H2,1-2H3/t12-/m1/s1. The van der Waals surface area contributed by atoms with Gasteiger partial charge in [0.1, 0.15) is 0 Å². The highest BCUT2D eigenvalue weighted by molar-refractivity contribution is 5.88. The fraction of sp³-hybridized carbons (Fsp3) is 0.429. The molecule has 2 heteroatoms. The first-order valence-electron chi connectivity index (χ1n) is 5.96. The molecule has 2 nitrogen and oxygen atoms in total. The second-order valence-electron chi connectivity index (χ2n) is 4.93. The Hall–Kier alpha value is -1.28. The molecule has 0 saturated heterocycles. The molecule has 0 aliphatic heterocycles. The molecule has 84 valence electrons. The zero-order valence-electron chi connectivity index (χ0n) is 9.80. The van der Waals surface area contributed by atoms with E-state index in [2.05, 4.69) is 31.0 Å². The SMILES string of the molecule is Cc1cc(C)c2[nH]c3c(c2c1)CCC[C@H]3O. The van der Waals surface area contributed by atoms with E-state index in [1.54, 1.807) is 0 Å². The lowest BCUT2D eigenvalue weighted by atomic mass is 9.93. The molecule has 1 atom stereocenters. The number of aromatic amines is 1. The largest absolute Gasteiger partial charge is 0.387 e. The molecular weight excluding hydrogens is 198 g/mol. The van der Waals surface area contributed by atoms with Gasteiger partial charge in [-0.1, -0.05) is 11.6 Å². The average molecular weight is 215 g/mol. The number of aliphatic hydroxyl groups is 1. The number of aliphatic hydroxyl groups excluding tert-OH is 1. The number of benzene rings is 1. The van der Waals surface area contributed by atoms with Gasteiger partial charge in [-0.05, 0) is 50.3 Å². The third kappa shape index (κ3) is 1.30. The van der Waals surface area contributed by atoms with Gasteiger partial charge in [-0.15, -0.1) is 0 Å². The smallest absolute Gasteiger partial charge is 0.0941 e. The molecule has 2 aromatic rings. The summed E-state index contributed by atoms with van der Waals surface area (Å²) in [7, 11) is 0. The molecule has 0 unspecified atom stereocenters. The lowest BCUT2D eigenvalue weighted by Gasteiger charge is -2.17. The average Bonchev–Trinajstić information content (AvgIpc) is 2.59. The Labute approximate surface area is 95.3 Å². The Kier molecular flexibility index (Phi) is 2.08. The summed E-state index contributed by atoms with van der Waals surface area (Å²) < 4.78 is 0. The van der Waals surface area contributed by atoms with E-state index in [9.17, 15) is 5.11 Å². The minimum absolute atomic E-state index is 0.296. The first-order chi connectivity index (χ1) is 7.66. The molecule has 0 spiro atoms. The summed E-state index contributed by atoms with van der Waals surface area (Å²) in [5.41, 5.74) is 6.16. The second-order valence-corrected chi connectivity index (χ2v) is 4.93. The summed E-state index contributed by atoms with van der Waals surface area (Å²) in [5, 5.41) is 11.3. The van der Waals surface area contributed by atoms with Crippen LogP contribution in [0.4, 0.5) is 0 Å². The summed E-state index contributed by atoms with van der Waals surface area (Å²) in [5.74, 6) is 0. The molecule has 3 rings (SSSR count). The maximum absolute atomic E-state index is 9.99. The van der Waals surface area contributed by atoms with Crippen molar-refractivity contribution in [3.05, 3.63) is 34.5 Å². The van der Waals surface area contributed by atoms with Gasteiger partial charge in [-0.25, -0.2) is 0 Å². The zero-order chi connectivity index (χ0) is 11.3. The highest BCUT2D eigenvalue weighted by atomic mass is 16.3. The highest BCUT2D eigenvalue weighted by Gasteiger charge is 2.22. The number of nitrogens with one attached hydrogen (secondary N) is 1. The summed E-state index contributed by atoms with van der Waals surface area (Å²) in [4.78, 5) is 3.41. The van der Waals surface area contributed by atoms with Crippen molar-refractivity contribution in [3.8, 4) is 0 Å². The van der Waals surface area contributed by atoms with Gasteiger partial charge in [-0.2, -0.15) is 0 Å². The van der Waals surface area contributed by atoms with Crippen LogP contribution in [0.1, 0.15) is 41.3 Å². The van der Waals surface area contributed by atoms with Crippen LogP contribution < -0.4 is 0 Å². The van der Waals surface area contributed by atoms with Crippen molar-refractivity contribution >= 4 is 10.9 Å². The minimum atomic E-state index is -0.296. The van der Waals surface area contributed by atoms with Gasteiger partial charge in [0.25, 0.3) is 0 Å². The molecule has 0 saturated carbocycles. The van der Waals surface area contributed by atoms with Gasteiger partial charge in [-0.3, -0.25) is 0 Å². The van der Waals surface area contributed by atoms with E-state index >= 15 is 0 Å². The van der Waals surface area contributed by atoms with Gasteiger partial charge in [0.15, 0.2) is 0 Å². The van der Waals surface area contributed by atoms with E-state index in [1.165, 1.54) is 27.6 Å². The Morgan fingerprint density at radius 3 is 2.94 bits per heavy atom. The quantitative estimate of drug-likeness (QED) is 0.695. The summed E-state index contributed by atoms with van der Waals surface area (Å²) >= 11 is 0. The van der Waals surface area contributed by atoms with Gasteiger partial charge < -0.3 is 10.1 Å². The van der Waals surface area contributed by atoms with E-state index in [-0.39, 0.29) is 6.10 Å². The predicted molar refractivity (Wildman–Crippen MR) is 65.7 cm³/mol. The third-order valence-electron chi connectivity index (χ3n) is 3.63. The van der Waals surface area contributed by atoms with Crippen LogP contribution in [0.3, 0.4) is 0 Å². The number of aromatic nitrogens is 1. The Balaban J connectivity index is 2.36. The molecule has 0 radical (unpaired) electrons. The van der Waals surface area contributed by atoms with Gasteiger partial charge in [0.05, 0.1) is 6.10 Å². The summed E-state index contributed by atoms with van der Waals surface area (Å²) in [6, 6.07) is 4.42. The van der Waals surface area contributed by atoms with Crippen molar-refractivity contribution in [2.24, 2.45) is 0 Å². The van der Waals surface area contributed by atoms with Crippen LogP contribution in [0.2, 0.25) is 0 Å². The van der Waals surface area contributed by atoms with E-state index in [0.717, 1.165) is 25.0 Å². The van der Waals surface area contributed by atoms with Crippen LogP contribution in [0.25, 0.3) is 10.9 Å². The molecule has 0 amide bonds. The fourth-order valence-corrected chi connectivity index (χ4v) is 2.90. The van der Waals surface area contributed by atoms with Gasteiger partial charge >= 0.3 is 0 Å². The summed E-state index contributed by atoms with van der Waals surface area (Å²) in [6.07, 6.45) is 2.78. The number of fused-ring (bicyclic) bond motifs is 3.